The van der Waals surface area contributed by atoms with Gasteiger partial charge < -0.3 is 5.32 Å². The second kappa shape index (κ2) is 6.74. The van der Waals surface area contributed by atoms with E-state index in [0.29, 0.717) is 5.75 Å². The molecule has 0 aliphatic rings. The highest BCUT2D eigenvalue weighted by Crippen LogP contribution is 2.37. The zero-order valence-electron chi connectivity index (χ0n) is 11.6. The second-order valence-electron chi connectivity index (χ2n) is 4.11. The first-order valence-electron chi connectivity index (χ1n) is 5.68. The Morgan fingerprint density at radius 1 is 1.60 bits per heavy atom. The van der Waals surface area contributed by atoms with Gasteiger partial charge in [-0.2, -0.15) is 16.1 Å². The highest BCUT2D eigenvalue weighted by molar-refractivity contribution is 7.98. The van der Waals surface area contributed by atoms with Gasteiger partial charge in [-0.15, -0.1) is 0 Å². The molecule has 10 heteroatoms. The standard InChI is InChI=1S/C10H17N3O4S3/c1-7(6-18-4)12(3)20(16,17)9-5-8(13(14)15)10(11-2)19-9/h5,7,11H,6H2,1-4H3. The number of nitrogens with zero attached hydrogens (tertiary/aromatic N) is 2. The monoisotopic (exact) mass is 339 g/mol. The predicted octanol–water partition coefficient (Wildman–Crippen LogP) is 2.07. The van der Waals surface area contributed by atoms with Crippen LogP contribution in [0.2, 0.25) is 0 Å². The number of anilines is 1. The van der Waals surface area contributed by atoms with Crippen molar-refractivity contribution in [3.05, 3.63) is 16.2 Å². The van der Waals surface area contributed by atoms with E-state index in [0.717, 1.165) is 17.4 Å². The fraction of sp³-hybridized carbons (Fsp3) is 0.600. The van der Waals surface area contributed by atoms with E-state index in [1.807, 2.05) is 6.26 Å². The van der Waals surface area contributed by atoms with Gasteiger partial charge in [-0.3, -0.25) is 10.1 Å². The van der Waals surface area contributed by atoms with Crippen LogP contribution in [0.3, 0.4) is 0 Å². The van der Waals surface area contributed by atoms with Gasteiger partial charge in [0.15, 0.2) is 5.00 Å². The fourth-order valence-corrected chi connectivity index (χ4v) is 5.16. The van der Waals surface area contributed by atoms with E-state index in [4.69, 9.17) is 0 Å². The Bertz CT molecular complexity index is 585. The molecule has 7 nitrogen and oxygen atoms in total. The number of rotatable bonds is 7. The Morgan fingerprint density at radius 3 is 2.60 bits per heavy atom. The molecular weight excluding hydrogens is 322 g/mol. The van der Waals surface area contributed by atoms with Crippen molar-refractivity contribution in [2.24, 2.45) is 0 Å². The molecule has 1 aromatic heterocycles. The van der Waals surface area contributed by atoms with Crippen LogP contribution < -0.4 is 5.32 Å². The number of nitrogens with one attached hydrogen (secondary N) is 1. The maximum absolute atomic E-state index is 12.4. The van der Waals surface area contributed by atoms with Crippen molar-refractivity contribution in [1.82, 2.24) is 4.31 Å². The first-order chi connectivity index (χ1) is 9.25. The Kier molecular flexibility index (Phi) is 5.80. The molecule has 0 bridgehead atoms. The summed E-state index contributed by atoms with van der Waals surface area (Å²) in [5.41, 5.74) is -0.220. The number of hydrogen-bond donors (Lipinski definition) is 1. The molecule has 0 aromatic carbocycles. The summed E-state index contributed by atoms with van der Waals surface area (Å²) in [7, 11) is -0.702. The van der Waals surface area contributed by atoms with E-state index in [1.165, 1.54) is 18.4 Å². The van der Waals surface area contributed by atoms with Crippen LogP contribution in [0.4, 0.5) is 10.7 Å². The summed E-state index contributed by atoms with van der Waals surface area (Å²) in [6.07, 6.45) is 1.89. The summed E-state index contributed by atoms with van der Waals surface area (Å²) in [4.78, 5) is 10.3. The van der Waals surface area contributed by atoms with Crippen molar-refractivity contribution in [2.45, 2.75) is 17.2 Å². The van der Waals surface area contributed by atoms with Crippen LogP contribution in [0.25, 0.3) is 0 Å². The van der Waals surface area contributed by atoms with Crippen LogP contribution in [0.5, 0.6) is 0 Å². The van der Waals surface area contributed by atoms with Gasteiger partial charge in [-0.25, -0.2) is 8.42 Å². The lowest BCUT2D eigenvalue weighted by Crippen LogP contribution is -2.36. The van der Waals surface area contributed by atoms with Crippen molar-refractivity contribution in [3.8, 4) is 0 Å². The average molecular weight is 339 g/mol. The molecule has 0 amide bonds. The molecule has 1 aromatic rings. The topological polar surface area (TPSA) is 92.6 Å². The molecule has 1 rings (SSSR count). The van der Waals surface area contributed by atoms with Crippen molar-refractivity contribution in [3.63, 3.8) is 0 Å². The third-order valence-corrected chi connectivity index (χ3v) is 7.15. The highest BCUT2D eigenvalue weighted by Gasteiger charge is 2.30. The molecule has 1 atom stereocenters. The zero-order valence-corrected chi connectivity index (χ0v) is 14.1. The number of nitro groups is 1. The van der Waals surface area contributed by atoms with Gasteiger partial charge in [0.05, 0.1) is 4.92 Å². The van der Waals surface area contributed by atoms with Gasteiger partial charge in [0.1, 0.15) is 4.21 Å². The van der Waals surface area contributed by atoms with Crippen LogP contribution >= 0.6 is 23.1 Å². The second-order valence-corrected chi connectivity index (χ2v) is 8.30. The molecule has 0 aliphatic heterocycles. The number of sulfonamides is 1. The largest absolute Gasteiger partial charge is 0.374 e. The van der Waals surface area contributed by atoms with Crippen molar-refractivity contribution in [1.29, 1.82) is 0 Å². The van der Waals surface area contributed by atoms with Crippen LogP contribution in [0, 0.1) is 10.1 Å². The first kappa shape index (κ1) is 17.2. The smallest absolute Gasteiger partial charge is 0.304 e. The Balaban J connectivity index is 3.19. The molecule has 0 fully saturated rings. The Labute approximate surface area is 126 Å². The third kappa shape index (κ3) is 3.43. The molecule has 0 radical (unpaired) electrons. The lowest BCUT2D eigenvalue weighted by molar-refractivity contribution is -0.383. The van der Waals surface area contributed by atoms with E-state index in [-0.39, 0.29) is 20.9 Å². The van der Waals surface area contributed by atoms with E-state index < -0.39 is 14.9 Å². The lowest BCUT2D eigenvalue weighted by Gasteiger charge is -2.22. The van der Waals surface area contributed by atoms with E-state index in [1.54, 1.807) is 18.7 Å². The molecule has 1 heterocycles. The van der Waals surface area contributed by atoms with Gasteiger partial charge in [-0.1, -0.05) is 11.3 Å². The van der Waals surface area contributed by atoms with Gasteiger partial charge >= 0.3 is 5.69 Å². The summed E-state index contributed by atoms with van der Waals surface area (Å²) in [6, 6.07) is 0.919. The fourth-order valence-electron chi connectivity index (χ4n) is 1.53. The maximum atomic E-state index is 12.4. The Morgan fingerprint density at radius 2 is 2.20 bits per heavy atom. The SMILES string of the molecule is CNc1sc(S(=O)(=O)N(C)C(C)CSC)cc1[N+](=O)[O-]. The first-order valence-corrected chi connectivity index (χ1v) is 9.33. The number of thioether (sulfide) groups is 1. The summed E-state index contributed by atoms with van der Waals surface area (Å²) in [5.74, 6) is 0.655. The molecule has 114 valence electrons. The van der Waals surface area contributed by atoms with E-state index in [2.05, 4.69) is 5.32 Å². The minimum atomic E-state index is -3.71. The summed E-state index contributed by atoms with van der Waals surface area (Å²) in [5, 5.41) is 13.8. The maximum Gasteiger partial charge on any atom is 0.304 e. The van der Waals surface area contributed by atoms with Crippen LogP contribution in [0.15, 0.2) is 10.3 Å². The zero-order chi connectivity index (χ0) is 15.5. The van der Waals surface area contributed by atoms with Crippen molar-refractivity contribution >= 4 is 43.8 Å². The van der Waals surface area contributed by atoms with Gasteiger partial charge in [0, 0.05) is 32.0 Å². The van der Waals surface area contributed by atoms with Gasteiger partial charge in [0.25, 0.3) is 10.0 Å². The predicted molar refractivity (Wildman–Crippen MR) is 83.3 cm³/mol. The lowest BCUT2D eigenvalue weighted by atomic mass is 10.4. The third-order valence-electron chi connectivity index (χ3n) is 2.78. The van der Waals surface area contributed by atoms with Crippen molar-refractivity contribution < 1.29 is 13.3 Å². The molecule has 1 unspecified atom stereocenters. The summed E-state index contributed by atoms with van der Waals surface area (Å²) < 4.78 is 26.1. The molecule has 1 N–H and O–H groups in total. The molecule has 0 saturated carbocycles. The minimum absolute atomic E-state index is 0.0241. The van der Waals surface area contributed by atoms with Crippen LogP contribution in [-0.4, -0.2) is 49.8 Å². The number of thiophene rings is 1. The average Bonchev–Trinajstić information content (AvgIpc) is 2.82. The van der Waals surface area contributed by atoms with Gasteiger partial charge in [-0.05, 0) is 13.2 Å². The molecule has 0 aliphatic carbocycles. The highest BCUT2D eigenvalue weighted by atomic mass is 32.2. The molecule has 0 spiro atoms. The molecular formula is C10H17N3O4S3. The normalized spacial score (nSPS) is 13.4. The molecule has 20 heavy (non-hydrogen) atoms. The quantitative estimate of drug-likeness (QED) is 0.604. The van der Waals surface area contributed by atoms with Crippen LogP contribution in [-0.2, 0) is 10.0 Å². The molecule has 0 saturated heterocycles. The van der Waals surface area contributed by atoms with E-state index >= 15 is 0 Å². The summed E-state index contributed by atoms with van der Waals surface area (Å²) in [6.45, 7) is 1.80. The van der Waals surface area contributed by atoms with E-state index in [9.17, 15) is 18.5 Å². The number of hydrogen-bond acceptors (Lipinski definition) is 7. The van der Waals surface area contributed by atoms with Gasteiger partial charge in [0.2, 0.25) is 0 Å². The Hall–Kier alpha value is -0.840. The summed E-state index contributed by atoms with van der Waals surface area (Å²) >= 11 is 2.41. The van der Waals surface area contributed by atoms with Crippen LogP contribution in [0.1, 0.15) is 6.92 Å². The van der Waals surface area contributed by atoms with Crippen molar-refractivity contribution in [2.75, 3.05) is 31.4 Å². The minimum Gasteiger partial charge on any atom is -0.374 e.